The fraction of sp³-hybridized carbons (Fsp3) is 0.636. The van der Waals surface area contributed by atoms with E-state index in [9.17, 15) is 4.79 Å². The lowest BCUT2D eigenvalue weighted by Gasteiger charge is -2.33. The Morgan fingerprint density at radius 2 is 1.87 bits per heavy atom. The summed E-state index contributed by atoms with van der Waals surface area (Å²) in [4.78, 5) is 20.3. The zero-order valence-electron chi connectivity index (χ0n) is 17.9. The number of nitrogens with one attached hydrogen (secondary N) is 2. The van der Waals surface area contributed by atoms with E-state index in [0.717, 1.165) is 69.4 Å². The molecule has 2 aliphatic rings. The summed E-state index contributed by atoms with van der Waals surface area (Å²) in [6, 6.07) is 8.11. The molecular weight excluding hydrogens is 400 g/mol. The molecule has 1 aromatic carbocycles. The van der Waals surface area contributed by atoms with Crippen LogP contribution < -0.4 is 16.4 Å². The Kier molecular flexibility index (Phi) is 8.63. The minimum absolute atomic E-state index is 0.324. The fourth-order valence-corrected chi connectivity index (χ4v) is 4.37. The number of amides is 2. The highest BCUT2D eigenvalue weighted by atomic mass is 35.5. The molecule has 0 radical (unpaired) electrons. The lowest BCUT2D eigenvalue weighted by atomic mass is 9.96. The van der Waals surface area contributed by atoms with Crippen molar-refractivity contribution in [2.45, 2.75) is 45.2 Å². The Morgan fingerprint density at radius 3 is 2.50 bits per heavy atom. The smallest absolute Gasteiger partial charge is 0.314 e. The van der Waals surface area contributed by atoms with Crippen LogP contribution in [0.2, 0.25) is 5.02 Å². The number of nitrogens with zero attached hydrogens (tertiary/aromatic N) is 3. The fourth-order valence-electron chi connectivity index (χ4n) is 4.17. The Labute approximate surface area is 185 Å². The first-order valence-corrected chi connectivity index (χ1v) is 11.5. The van der Waals surface area contributed by atoms with Crippen molar-refractivity contribution in [2.24, 2.45) is 16.6 Å². The minimum Gasteiger partial charge on any atom is -0.357 e. The van der Waals surface area contributed by atoms with Crippen molar-refractivity contribution in [3.63, 3.8) is 0 Å². The van der Waals surface area contributed by atoms with E-state index in [-0.39, 0.29) is 6.03 Å². The molecule has 4 N–H and O–H groups in total. The summed E-state index contributed by atoms with van der Waals surface area (Å²) in [5, 5.41) is 7.75. The van der Waals surface area contributed by atoms with Crippen LogP contribution in [0.1, 0.15) is 38.2 Å². The zero-order chi connectivity index (χ0) is 21.3. The highest BCUT2D eigenvalue weighted by Gasteiger charge is 2.23. The van der Waals surface area contributed by atoms with E-state index in [0.29, 0.717) is 25.0 Å². The van der Waals surface area contributed by atoms with E-state index >= 15 is 0 Å². The molecule has 2 aliphatic heterocycles. The molecular formula is C22H35ClN6O. The number of carbonyl (C=O) groups is 1. The molecule has 0 bridgehead atoms. The molecule has 166 valence electrons. The van der Waals surface area contributed by atoms with E-state index in [1.54, 1.807) is 4.90 Å². The van der Waals surface area contributed by atoms with Crippen molar-refractivity contribution < 1.29 is 4.79 Å². The monoisotopic (exact) mass is 434 g/mol. The lowest BCUT2D eigenvalue weighted by Crippen LogP contribution is -2.50. The van der Waals surface area contributed by atoms with Gasteiger partial charge in [0.15, 0.2) is 5.96 Å². The maximum absolute atomic E-state index is 11.3. The molecule has 0 atom stereocenters. The van der Waals surface area contributed by atoms with Crippen molar-refractivity contribution in [2.75, 3.05) is 39.3 Å². The van der Waals surface area contributed by atoms with Gasteiger partial charge in [-0.05, 0) is 63.2 Å². The van der Waals surface area contributed by atoms with Gasteiger partial charge in [0.1, 0.15) is 0 Å². The number of hydrogen-bond donors (Lipinski definition) is 3. The van der Waals surface area contributed by atoms with Crippen molar-refractivity contribution in [1.82, 2.24) is 20.4 Å². The van der Waals surface area contributed by atoms with Crippen LogP contribution in [-0.2, 0) is 6.54 Å². The van der Waals surface area contributed by atoms with Crippen LogP contribution in [0, 0.1) is 5.92 Å². The number of piperidine rings is 2. The lowest BCUT2D eigenvalue weighted by molar-refractivity contribution is 0.180. The predicted molar refractivity (Wildman–Crippen MR) is 123 cm³/mol. The second-order valence-corrected chi connectivity index (χ2v) is 8.68. The van der Waals surface area contributed by atoms with Crippen LogP contribution >= 0.6 is 11.6 Å². The number of likely N-dealkylation sites (tertiary alicyclic amines) is 2. The van der Waals surface area contributed by atoms with Crippen LogP contribution in [0.5, 0.6) is 0 Å². The normalized spacial score (nSPS) is 19.7. The molecule has 0 spiro atoms. The van der Waals surface area contributed by atoms with Crippen LogP contribution in [0.15, 0.2) is 29.3 Å². The summed E-state index contributed by atoms with van der Waals surface area (Å²) >= 11 is 6.31. The van der Waals surface area contributed by atoms with Crippen molar-refractivity contribution >= 4 is 23.6 Å². The summed E-state index contributed by atoms with van der Waals surface area (Å²) < 4.78 is 0. The van der Waals surface area contributed by atoms with Gasteiger partial charge in [-0.2, -0.15) is 0 Å². The number of primary amides is 1. The Hall–Kier alpha value is -1.99. The van der Waals surface area contributed by atoms with Gasteiger partial charge < -0.3 is 21.3 Å². The summed E-state index contributed by atoms with van der Waals surface area (Å²) in [6.07, 6.45) is 4.11. The third-order valence-electron chi connectivity index (χ3n) is 6.06. The highest BCUT2D eigenvalue weighted by Crippen LogP contribution is 2.22. The molecule has 2 amide bonds. The number of rotatable bonds is 6. The number of urea groups is 1. The molecule has 30 heavy (non-hydrogen) atoms. The van der Waals surface area contributed by atoms with Gasteiger partial charge in [0, 0.05) is 43.8 Å². The van der Waals surface area contributed by atoms with Crippen LogP contribution in [0.25, 0.3) is 0 Å². The topological polar surface area (TPSA) is 86.0 Å². The summed E-state index contributed by atoms with van der Waals surface area (Å²) in [6.45, 7) is 8.26. The number of hydrogen-bond acceptors (Lipinski definition) is 3. The number of nitrogens with two attached hydrogens (primary N) is 1. The average Bonchev–Trinajstić information content (AvgIpc) is 2.75. The molecule has 2 heterocycles. The van der Waals surface area contributed by atoms with Gasteiger partial charge in [-0.25, -0.2) is 4.79 Å². The molecule has 3 rings (SSSR count). The SMILES string of the molecule is CCNC(=NCC1CCN(Cc2ccccc2Cl)CC1)NC1CCN(C(N)=O)CC1. The van der Waals surface area contributed by atoms with Gasteiger partial charge in [0.2, 0.25) is 0 Å². The van der Waals surface area contributed by atoms with E-state index in [4.69, 9.17) is 22.3 Å². The molecule has 8 heteroatoms. The first-order valence-electron chi connectivity index (χ1n) is 11.1. The molecule has 2 fully saturated rings. The van der Waals surface area contributed by atoms with Gasteiger partial charge in [-0.3, -0.25) is 9.89 Å². The van der Waals surface area contributed by atoms with Gasteiger partial charge in [-0.1, -0.05) is 29.8 Å². The molecule has 7 nitrogen and oxygen atoms in total. The molecule has 0 unspecified atom stereocenters. The predicted octanol–water partition coefficient (Wildman–Crippen LogP) is 2.65. The van der Waals surface area contributed by atoms with Gasteiger partial charge >= 0.3 is 6.03 Å². The third kappa shape index (κ3) is 6.77. The van der Waals surface area contributed by atoms with Gasteiger partial charge in [-0.15, -0.1) is 0 Å². The Morgan fingerprint density at radius 1 is 1.17 bits per heavy atom. The average molecular weight is 435 g/mol. The van der Waals surface area contributed by atoms with Crippen molar-refractivity contribution in [1.29, 1.82) is 0 Å². The number of guanidine groups is 1. The first-order chi connectivity index (χ1) is 14.5. The largest absolute Gasteiger partial charge is 0.357 e. The Bertz CT molecular complexity index is 711. The quantitative estimate of drug-likeness (QED) is 0.474. The summed E-state index contributed by atoms with van der Waals surface area (Å²) in [7, 11) is 0. The third-order valence-corrected chi connectivity index (χ3v) is 6.43. The van der Waals surface area contributed by atoms with E-state index in [1.807, 2.05) is 12.1 Å². The molecule has 0 aromatic heterocycles. The molecule has 2 saturated heterocycles. The van der Waals surface area contributed by atoms with Crippen LogP contribution in [0.4, 0.5) is 4.79 Å². The van der Waals surface area contributed by atoms with Crippen molar-refractivity contribution in [3.05, 3.63) is 34.9 Å². The first kappa shape index (κ1) is 22.7. The highest BCUT2D eigenvalue weighted by molar-refractivity contribution is 6.31. The van der Waals surface area contributed by atoms with Crippen LogP contribution in [0.3, 0.4) is 0 Å². The van der Waals surface area contributed by atoms with Gasteiger partial charge in [0.05, 0.1) is 0 Å². The summed E-state index contributed by atoms with van der Waals surface area (Å²) in [5.74, 6) is 1.49. The number of aliphatic imine (C=N–C) groups is 1. The standard InChI is InChI=1S/C22H35ClN6O/c1-2-25-22(27-19-9-13-29(14-10-19)21(24)30)26-15-17-7-11-28(12-8-17)16-18-5-3-4-6-20(18)23/h3-6,17,19H,2,7-16H2,1H3,(H2,24,30)(H2,25,26,27). The Balaban J connectivity index is 1.43. The molecule has 1 aromatic rings. The number of carbonyl (C=O) groups excluding carboxylic acids is 1. The maximum Gasteiger partial charge on any atom is 0.314 e. The molecule has 0 aliphatic carbocycles. The number of benzene rings is 1. The molecule has 0 saturated carbocycles. The second kappa shape index (κ2) is 11.4. The summed E-state index contributed by atoms with van der Waals surface area (Å²) in [5.41, 5.74) is 6.58. The minimum atomic E-state index is -0.324. The van der Waals surface area contributed by atoms with E-state index in [1.165, 1.54) is 5.56 Å². The number of halogens is 1. The zero-order valence-corrected chi connectivity index (χ0v) is 18.7. The van der Waals surface area contributed by atoms with Gasteiger partial charge in [0.25, 0.3) is 0 Å². The van der Waals surface area contributed by atoms with E-state index in [2.05, 4.69) is 34.6 Å². The van der Waals surface area contributed by atoms with Crippen molar-refractivity contribution in [3.8, 4) is 0 Å². The second-order valence-electron chi connectivity index (χ2n) is 8.27. The van der Waals surface area contributed by atoms with Crippen LogP contribution in [-0.4, -0.2) is 67.1 Å². The maximum atomic E-state index is 11.3. The van der Waals surface area contributed by atoms with E-state index < -0.39 is 0 Å².